The topological polar surface area (TPSA) is 105 Å². The molecule has 0 heterocycles. The smallest absolute Gasteiger partial charge is 0.244 e. The molecule has 1 atom stereocenters. The van der Waals surface area contributed by atoms with Crippen LogP contribution in [0.2, 0.25) is 5.02 Å². The fourth-order valence-corrected chi connectivity index (χ4v) is 5.35. The number of benzene rings is 3. The normalized spacial score (nSPS) is 11.8. The minimum absolute atomic E-state index is 0.0390. The highest BCUT2D eigenvalue weighted by atomic mass is 35.5. The van der Waals surface area contributed by atoms with E-state index < -0.39 is 28.5 Å². The van der Waals surface area contributed by atoms with Crippen LogP contribution in [0.5, 0.6) is 11.5 Å². The molecule has 0 aliphatic rings. The van der Waals surface area contributed by atoms with Gasteiger partial charge in [0.2, 0.25) is 21.8 Å². The van der Waals surface area contributed by atoms with Crippen molar-refractivity contribution in [1.82, 2.24) is 10.2 Å². The van der Waals surface area contributed by atoms with Crippen LogP contribution < -0.4 is 19.1 Å². The molecule has 41 heavy (non-hydrogen) atoms. The van der Waals surface area contributed by atoms with Gasteiger partial charge in [-0.05, 0) is 47.9 Å². The Bertz CT molecular complexity index is 1440. The highest BCUT2D eigenvalue weighted by molar-refractivity contribution is 7.92. The van der Waals surface area contributed by atoms with Crippen LogP contribution in [0.1, 0.15) is 24.5 Å². The predicted molar refractivity (Wildman–Crippen MR) is 161 cm³/mol. The lowest BCUT2D eigenvalue weighted by molar-refractivity contribution is -0.140. The van der Waals surface area contributed by atoms with Crippen molar-refractivity contribution >= 4 is 39.1 Å². The molecule has 9 nitrogen and oxygen atoms in total. The minimum Gasteiger partial charge on any atom is -0.497 e. The third kappa shape index (κ3) is 8.86. The molecule has 0 aliphatic heterocycles. The van der Waals surface area contributed by atoms with E-state index in [0.29, 0.717) is 24.3 Å². The van der Waals surface area contributed by atoms with E-state index in [1.807, 2.05) is 43.3 Å². The Balaban J connectivity index is 2.10. The van der Waals surface area contributed by atoms with E-state index in [0.717, 1.165) is 16.1 Å². The highest BCUT2D eigenvalue weighted by Crippen LogP contribution is 2.33. The van der Waals surface area contributed by atoms with Crippen LogP contribution in [0.3, 0.4) is 0 Å². The van der Waals surface area contributed by atoms with Gasteiger partial charge in [0.05, 0.1) is 26.2 Å². The Morgan fingerprint density at radius 3 is 2.29 bits per heavy atom. The Morgan fingerprint density at radius 1 is 0.951 bits per heavy atom. The number of anilines is 1. The third-order valence-electron chi connectivity index (χ3n) is 6.40. The maximum absolute atomic E-state index is 14.2. The van der Waals surface area contributed by atoms with Crippen molar-refractivity contribution in [3.8, 4) is 11.5 Å². The fraction of sp³-hybridized carbons (Fsp3) is 0.333. The molecule has 220 valence electrons. The van der Waals surface area contributed by atoms with Crippen molar-refractivity contribution in [1.29, 1.82) is 0 Å². The summed E-state index contributed by atoms with van der Waals surface area (Å²) in [7, 11) is -1.03. The quantitative estimate of drug-likeness (QED) is 0.296. The second kappa shape index (κ2) is 14.7. The number of nitrogens with one attached hydrogen (secondary N) is 1. The Kier molecular flexibility index (Phi) is 11.4. The van der Waals surface area contributed by atoms with Gasteiger partial charge in [-0.25, -0.2) is 8.42 Å². The maximum Gasteiger partial charge on any atom is 0.244 e. The molecule has 1 N–H and O–H groups in total. The second-order valence-corrected chi connectivity index (χ2v) is 11.8. The molecule has 3 rings (SSSR count). The summed E-state index contributed by atoms with van der Waals surface area (Å²) in [6.45, 7) is 1.83. The monoisotopic (exact) mass is 601 g/mol. The summed E-state index contributed by atoms with van der Waals surface area (Å²) in [6.07, 6.45) is 1.94. The van der Waals surface area contributed by atoms with Gasteiger partial charge < -0.3 is 19.7 Å². The summed E-state index contributed by atoms with van der Waals surface area (Å²) in [4.78, 5) is 29.1. The van der Waals surface area contributed by atoms with Gasteiger partial charge in [0.15, 0.2) is 0 Å². The molecule has 0 saturated heterocycles. The van der Waals surface area contributed by atoms with E-state index in [1.165, 1.54) is 24.1 Å². The van der Waals surface area contributed by atoms with Crippen LogP contribution in [0.15, 0.2) is 72.8 Å². The first-order valence-corrected chi connectivity index (χ1v) is 15.3. The molecule has 0 fully saturated rings. The summed E-state index contributed by atoms with van der Waals surface area (Å²) in [5, 5.41) is 3.18. The number of ether oxygens (including phenoxy) is 2. The number of hydrogen-bond donors (Lipinski definition) is 1. The van der Waals surface area contributed by atoms with Crippen molar-refractivity contribution < 1.29 is 27.5 Å². The van der Waals surface area contributed by atoms with E-state index in [1.54, 1.807) is 31.4 Å². The molecule has 2 amide bonds. The Hall–Kier alpha value is -3.76. The lowest BCUT2D eigenvalue weighted by Gasteiger charge is -2.33. The molecule has 0 aliphatic carbocycles. The van der Waals surface area contributed by atoms with Gasteiger partial charge in [-0.2, -0.15) is 0 Å². The lowest BCUT2D eigenvalue weighted by atomic mass is 10.0. The van der Waals surface area contributed by atoms with Gasteiger partial charge in [0.25, 0.3) is 0 Å². The molecule has 0 bridgehead atoms. The summed E-state index contributed by atoms with van der Waals surface area (Å²) in [5.74, 6) is -0.0918. The minimum atomic E-state index is -3.97. The average molecular weight is 602 g/mol. The maximum atomic E-state index is 14.2. The number of methoxy groups -OCH3 is 2. The van der Waals surface area contributed by atoms with Gasteiger partial charge in [0, 0.05) is 24.5 Å². The van der Waals surface area contributed by atoms with E-state index in [-0.39, 0.29) is 35.3 Å². The van der Waals surface area contributed by atoms with Crippen LogP contribution in [-0.4, -0.2) is 64.7 Å². The standard InChI is InChI=1S/C30H36ClN3O6S/c1-5-16-32-30(36)27(18-22-10-7-6-8-11-22)33(20-23-12-9-13-25(17-23)39-2)29(35)21-34(41(4,37)38)26-19-24(31)14-15-28(26)40-3/h6-15,17,19,27H,5,16,18,20-21H2,1-4H3,(H,32,36)/t27-/m0/s1. The molecule has 3 aromatic rings. The number of nitrogens with zero attached hydrogens (tertiary/aromatic N) is 2. The predicted octanol–water partition coefficient (Wildman–Crippen LogP) is 4.29. The van der Waals surface area contributed by atoms with Crippen molar-refractivity contribution in [2.45, 2.75) is 32.4 Å². The molecular weight excluding hydrogens is 566 g/mol. The first kappa shape index (κ1) is 31.8. The van der Waals surface area contributed by atoms with E-state index >= 15 is 0 Å². The molecule has 0 spiro atoms. The van der Waals surface area contributed by atoms with Crippen molar-refractivity contribution in [3.63, 3.8) is 0 Å². The zero-order valence-corrected chi connectivity index (χ0v) is 25.2. The average Bonchev–Trinajstić information content (AvgIpc) is 2.96. The Morgan fingerprint density at radius 2 is 1.66 bits per heavy atom. The van der Waals surface area contributed by atoms with Crippen LogP contribution >= 0.6 is 11.6 Å². The number of amides is 2. The highest BCUT2D eigenvalue weighted by Gasteiger charge is 2.33. The van der Waals surface area contributed by atoms with Gasteiger partial charge >= 0.3 is 0 Å². The zero-order chi connectivity index (χ0) is 30.0. The molecule has 3 aromatic carbocycles. The van der Waals surface area contributed by atoms with Crippen LogP contribution in [-0.2, 0) is 32.6 Å². The summed E-state index contributed by atoms with van der Waals surface area (Å²) in [5.41, 5.74) is 1.68. The van der Waals surface area contributed by atoms with Gasteiger partial charge in [-0.15, -0.1) is 0 Å². The van der Waals surface area contributed by atoms with E-state index in [9.17, 15) is 18.0 Å². The first-order valence-electron chi connectivity index (χ1n) is 13.1. The number of hydrogen-bond acceptors (Lipinski definition) is 6. The van der Waals surface area contributed by atoms with Crippen LogP contribution in [0.4, 0.5) is 5.69 Å². The molecule has 0 unspecified atom stereocenters. The number of rotatable bonds is 14. The Labute approximate surface area is 247 Å². The summed E-state index contributed by atoms with van der Waals surface area (Å²) >= 11 is 6.20. The summed E-state index contributed by atoms with van der Waals surface area (Å²) < 4.78 is 37.7. The van der Waals surface area contributed by atoms with Crippen LogP contribution in [0, 0.1) is 0 Å². The molecule has 0 aromatic heterocycles. The van der Waals surface area contributed by atoms with Gasteiger partial charge in [-0.3, -0.25) is 13.9 Å². The molecular formula is C30H36ClN3O6S. The van der Waals surface area contributed by atoms with Gasteiger partial charge in [0.1, 0.15) is 24.1 Å². The molecule has 11 heteroatoms. The van der Waals surface area contributed by atoms with Crippen molar-refractivity contribution in [2.75, 3.05) is 37.9 Å². The SMILES string of the molecule is CCCNC(=O)[C@H](Cc1ccccc1)N(Cc1cccc(OC)c1)C(=O)CN(c1cc(Cl)ccc1OC)S(C)(=O)=O. The van der Waals surface area contributed by atoms with Crippen molar-refractivity contribution in [2.24, 2.45) is 0 Å². The zero-order valence-electron chi connectivity index (χ0n) is 23.7. The molecule has 0 radical (unpaired) electrons. The van der Waals surface area contributed by atoms with Gasteiger partial charge in [-0.1, -0.05) is 61.0 Å². The van der Waals surface area contributed by atoms with Crippen molar-refractivity contribution in [3.05, 3.63) is 88.9 Å². The first-order chi connectivity index (χ1) is 19.6. The number of carbonyl (C=O) groups excluding carboxylic acids is 2. The number of sulfonamides is 1. The molecule has 0 saturated carbocycles. The second-order valence-electron chi connectivity index (χ2n) is 9.46. The third-order valence-corrected chi connectivity index (χ3v) is 7.76. The number of carbonyl (C=O) groups is 2. The van der Waals surface area contributed by atoms with E-state index in [4.69, 9.17) is 21.1 Å². The largest absolute Gasteiger partial charge is 0.497 e. The number of halogens is 1. The summed E-state index contributed by atoms with van der Waals surface area (Å²) in [6, 6.07) is 20.1. The lowest BCUT2D eigenvalue weighted by Crippen LogP contribution is -2.53. The fourth-order valence-electron chi connectivity index (χ4n) is 4.34. The van der Waals surface area contributed by atoms with E-state index in [2.05, 4.69) is 5.32 Å². The van der Waals surface area contributed by atoms with Crippen LogP contribution in [0.25, 0.3) is 0 Å².